The predicted molar refractivity (Wildman–Crippen MR) is 89.1 cm³/mol. The van der Waals surface area contributed by atoms with Gasteiger partial charge in [-0.1, -0.05) is 32.4 Å². The second kappa shape index (κ2) is 10.6. The number of benzene rings is 1. The first-order valence-electron chi connectivity index (χ1n) is 8.01. The molecule has 0 radical (unpaired) electrons. The van der Waals surface area contributed by atoms with Gasteiger partial charge in [0.05, 0.1) is 7.11 Å². The van der Waals surface area contributed by atoms with E-state index >= 15 is 0 Å². The van der Waals surface area contributed by atoms with Gasteiger partial charge in [-0.2, -0.15) is 0 Å². The first-order valence-corrected chi connectivity index (χ1v) is 8.01. The van der Waals surface area contributed by atoms with E-state index in [2.05, 4.69) is 37.4 Å². The molecule has 3 nitrogen and oxygen atoms in total. The molecule has 21 heavy (non-hydrogen) atoms. The minimum Gasteiger partial charge on any atom is -0.497 e. The Balaban J connectivity index is 2.52. The lowest BCUT2D eigenvalue weighted by molar-refractivity contribution is 0.190. The highest BCUT2D eigenvalue weighted by atomic mass is 16.5. The Labute approximate surface area is 130 Å². The summed E-state index contributed by atoms with van der Waals surface area (Å²) in [4.78, 5) is 0. The predicted octanol–water partition coefficient (Wildman–Crippen LogP) is 3.67. The summed E-state index contributed by atoms with van der Waals surface area (Å²) in [7, 11) is 3.50. The lowest BCUT2D eigenvalue weighted by atomic mass is 9.93. The van der Waals surface area contributed by atoms with Crippen LogP contribution in [0.25, 0.3) is 0 Å². The van der Waals surface area contributed by atoms with Crippen LogP contribution in [0, 0.1) is 5.92 Å². The number of unbranched alkanes of at least 4 members (excludes halogenated alkanes) is 1. The SMILES string of the molecule is COCCCCC(CNC(C)C)Cc1cccc(OC)c1. The van der Waals surface area contributed by atoms with Crippen LogP contribution >= 0.6 is 0 Å². The van der Waals surface area contributed by atoms with Crippen molar-refractivity contribution in [3.63, 3.8) is 0 Å². The number of ether oxygens (including phenoxy) is 2. The van der Waals surface area contributed by atoms with Gasteiger partial charge < -0.3 is 14.8 Å². The molecule has 1 atom stereocenters. The van der Waals surface area contributed by atoms with E-state index in [9.17, 15) is 0 Å². The van der Waals surface area contributed by atoms with Crippen LogP contribution in [0.5, 0.6) is 5.75 Å². The van der Waals surface area contributed by atoms with Crippen molar-refractivity contribution in [1.29, 1.82) is 0 Å². The third-order valence-corrected chi connectivity index (χ3v) is 3.68. The van der Waals surface area contributed by atoms with E-state index < -0.39 is 0 Å². The van der Waals surface area contributed by atoms with Gasteiger partial charge in [0.25, 0.3) is 0 Å². The van der Waals surface area contributed by atoms with Crippen LogP contribution in [-0.4, -0.2) is 33.4 Å². The molecule has 0 aliphatic heterocycles. The smallest absolute Gasteiger partial charge is 0.119 e. The zero-order valence-corrected chi connectivity index (χ0v) is 14.0. The van der Waals surface area contributed by atoms with E-state index in [0.29, 0.717) is 12.0 Å². The van der Waals surface area contributed by atoms with E-state index in [1.54, 1.807) is 14.2 Å². The van der Waals surface area contributed by atoms with Crippen LogP contribution in [0.3, 0.4) is 0 Å². The van der Waals surface area contributed by atoms with Gasteiger partial charge in [-0.05, 0) is 49.4 Å². The molecule has 0 spiro atoms. The second-order valence-electron chi connectivity index (χ2n) is 5.97. The highest BCUT2D eigenvalue weighted by Gasteiger charge is 2.11. The van der Waals surface area contributed by atoms with E-state index in [4.69, 9.17) is 9.47 Å². The average molecular weight is 293 g/mol. The number of hydrogen-bond acceptors (Lipinski definition) is 3. The monoisotopic (exact) mass is 293 g/mol. The largest absolute Gasteiger partial charge is 0.497 e. The van der Waals surface area contributed by atoms with Gasteiger partial charge in [-0.25, -0.2) is 0 Å². The maximum atomic E-state index is 5.32. The van der Waals surface area contributed by atoms with Crippen molar-refractivity contribution in [1.82, 2.24) is 5.32 Å². The van der Waals surface area contributed by atoms with Crippen LogP contribution < -0.4 is 10.1 Å². The summed E-state index contributed by atoms with van der Waals surface area (Å²) in [6.45, 7) is 6.34. The molecule has 0 aromatic heterocycles. The number of methoxy groups -OCH3 is 2. The van der Waals surface area contributed by atoms with Crippen molar-refractivity contribution in [2.75, 3.05) is 27.4 Å². The zero-order chi connectivity index (χ0) is 15.5. The maximum Gasteiger partial charge on any atom is 0.119 e. The summed E-state index contributed by atoms with van der Waals surface area (Å²) >= 11 is 0. The molecule has 0 saturated heterocycles. The summed E-state index contributed by atoms with van der Waals surface area (Å²) in [6, 6.07) is 8.96. The van der Waals surface area contributed by atoms with Gasteiger partial charge in [-0.15, -0.1) is 0 Å². The molecule has 0 fully saturated rings. The molecule has 1 unspecified atom stereocenters. The lowest BCUT2D eigenvalue weighted by Gasteiger charge is -2.19. The van der Waals surface area contributed by atoms with Gasteiger partial charge in [-0.3, -0.25) is 0 Å². The van der Waals surface area contributed by atoms with Crippen molar-refractivity contribution >= 4 is 0 Å². The maximum absolute atomic E-state index is 5.32. The van der Waals surface area contributed by atoms with Gasteiger partial charge in [0.2, 0.25) is 0 Å². The average Bonchev–Trinajstić information content (AvgIpc) is 2.49. The van der Waals surface area contributed by atoms with Crippen LogP contribution in [-0.2, 0) is 11.2 Å². The molecule has 1 aromatic carbocycles. The highest BCUT2D eigenvalue weighted by molar-refractivity contribution is 5.28. The molecule has 1 rings (SSSR count). The summed E-state index contributed by atoms with van der Waals surface area (Å²) < 4.78 is 10.5. The standard InChI is InChI=1S/C18H31NO2/c1-15(2)19-14-17(8-5-6-11-20-3)12-16-9-7-10-18(13-16)21-4/h7,9-10,13,15,17,19H,5-6,8,11-12,14H2,1-4H3. The topological polar surface area (TPSA) is 30.5 Å². The zero-order valence-electron chi connectivity index (χ0n) is 14.0. The Morgan fingerprint density at radius 2 is 1.95 bits per heavy atom. The molecule has 1 aromatic rings. The van der Waals surface area contributed by atoms with Crippen molar-refractivity contribution in [2.24, 2.45) is 5.92 Å². The minimum atomic E-state index is 0.539. The first kappa shape index (κ1) is 18.0. The normalized spacial score (nSPS) is 12.6. The fourth-order valence-corrected chi connectivity index (χ4v) is 2.49. The molecule has 3 heteroatoms. The molecule has 0 aliphatic carbocycles. The number of rotatable bonds is 11. The van der Waals surface area contributed by atoms with E-state index in [-0.39, 0.29) is 0 Å². The van der Waals surface area contributed by atoms with Crippen molar-refractivity contribution in [2.45, 2.75) is 45.6 Å². The van der Waals surface area contributed by atoms with Crippen LogP contribution in [0.2, 0.25) is 0 Å². The fraction of sp³-hybridized carbons (Fsp3) is 0.667. The first-order chi connectivity index (χ1) is 10.2. The highest BCUT2D eigenvalue weighted by Crippen LogP contribution is 2.19. The summed E-state index contributed by atoms with van der Waals surface area (Å²) in [5.74, 6) is 1.61. The summed E-state index contributed by atoms with van der Waals surface area (Å²) in [6.07, 6.45) is 4.71. The van der Waals surface area contributed by atoms with Crippen molar-refractivity contribution in [3.8, 4) is 5.75 Å². The molecule has 120 valence electrons. The molecule has 0 saturated carbocycles. The third kappa shape index (κ3) is 8.08. The molecule has 0 amide bonds. The van der Waals surface area contributed by atoms with E-state index in [1.807, 2.05) is 6.07 Å². The Morgan fingerprint density at radius 3 is 2.62 bits per heavy atom. The summed E-state index contributed by atoms with van der Waals surface area (Å²) in [5, 5.41) is 3.57. The van der Waals surface area contributed by atoms with Gasteiger partial charge in [0, 0.05) is 19.8 Å². The third-order valence-electron chi connectivity index (χ3n) is 3.68. The quantitative estimate of drug-likeness (QED) is 0.632. The van der Waals surface area contributed by atoms with Crippen LogP contribution in [0.4, 0.5) is 0 Å². The Kier molecular flexibility index (Phi) is 9.11. The molecule has 0 bridgehead atoms. The second-order valence-corrected chi connectivity index (χ2v) is 5.97. The van der Waals surface area contributed by atoms with Crippen molar-refractivity contribution in [3.05, 3.63) is 29.8 Å². The fourth-order valence-electron chi connectivity index (χ4n) is 2.49. The van der Waals surface area contributed by atoms with E-state index in [1.165, 1.54) is 18.4 Å². The van der Waals surface area contributed by atoms with Gasteiger partial charge >= 0.3 is 0 Å². The molecular formula is C18H31NO2. The lowest BCUT2D eigenvalue weighted by Crippen LogP contribution is -2.30. The number of hydrogen-bond donors (Lipinski definition) is 1. The van der Waals surface area contributed by atoms with Crippen LogP contribution in [0.15, 0.2) is 24.3 Å². The molecule has 0 aliphatic rings. The Hall–Kier alpha value is -1.06. The Bertz CT molecular complexity index is 379. The van der Waals surface area contributed by atoms with Crippen LogP contribution in [0.1, 0.15) is 38.7 Å². The molecule has 0 heterocycles. The Morgan fingerprint density at radius 1 is 1.14 bits per heavy atom. The molecular weight excluding hydrogens is 262 g/mol. The van der Waals surface area contributed by atoms with Crippen molar-refractivity contribution < 1.29 is 9.47 Å². The van der Waals surface area contributed by atoms with Gasteiger partial charge in [0.15, 0.2) is 0 Å². The van der Waals surface area contributed by atoms with E-state index in [0.717, 1.165) is 31.7 Å². The molecule has 1 N–H and O–H groups in total. The summed E-state index contributed by atoms with van der Waals surface area (Å²) in [5.41, 5.74) is 1.36. The minimum absolute atomic E-state index is 0.539. The van der Waals surface area contributed by atoms with Gasteiger partial charge in [0.1, 0.15) is 5.75 Å². The number of nitrogens with one attached hydrogen (secondary N) is 1.